The van der Waals surface area contributed by atoms with E-state index in [1.807, 2.05) is 18.2 Å². The number of aldehydes is 1. The summed E-state index contributed by atoms with van der Waals surface area (Å²) in [5.41, 5.74) is 1.22. The van der Waals surface area contributed by atoms with Crippen LogP contribution in [-0.2, 0) is 9.53 Å². The molecule has 0 aliphatic heterocycles. The largest absolute Gasteiger partial charge is 0.484 e. The second-order valence-electron chi connectivity index (χ2n) is 4.16. The van der Waals surface area contributed by atoms with Gasteiger partial charge in [0.05, 0.1) is 0 Å². The molecule has 0 fully saturated rings. The van der Waals surface area contributed by atoms with E-state index in [0.29, 0.717) is 11.3 Å². The lowest BCUT2D eigenvalue weighted by Gasteiger charge is -2.10. The van der Waals surface area contributed by atoms with E-state index in [0.717, 1.165) is 24.9 Å². The number of allylic oxidation sites excluding steroid dienone is 3. The number of benzene rings is 1. The molecule has 2 rings (SSSR count). The average molecular weight is 257 g/mol. The van der Waals surface area contributed by atoms with Gasteiger partial charge in [-0.3, -0.25) is 9.59 Å². The molecule has 0 spiro atoms. The average Bonchev–Trinajstić information content (AvgIpc) is 2.47. The summed E-state index contributed by atoms with van der Waals surface area (Å²) in [6, 6.07) is 6.66. The summed E-state index contributed by atoms with van der Waals surface area (Å²) in [4.78, 5) is 22.2. The van der Waals surface area contributed by atoms with Gasteiger partial charge in [-0.15, -0.1) is 0 Å². The normalized spacial score (nSPS) is 13.6. The molecular formula is C15H15NO3. The van der Waals surface area contributed by atoms with Crippen LogP contribution in [0, 0.1) is 0 Å². The molecule has 0 atom stereocenters. The number of nitrogens with one attached hydrogen (secondary N) is 1. The molecule has 0 bridgehead atoms. The standard InChI is InChI=1S/C15H15NO3/c17-10-12-6-8-13(9-7-12)16-15(18)11-19-14-4-2-1-3-5-14/h2,4-10H,1,3,11H2,(H,16,18). The highest BCUT2D eigenvalue weighted by Gasteiger charge is 2.05. The molecule has 1 aliphatic rings. The number of rotatable bonds is 5. The minimum Gasteiger partial charge on any atom is -0.484 e. The van der Waals surface area contributed by atoms with Crippen LogP contribution in [0.1, 0.15) is 23.2 Å². The first-order valence-electron chi connectivity index (χ1n) is 6.12. The van der Waals surface area contributed by atoms with Crippen LogP contribution in [0.2, 0.25) is 0 Å². The van der Waals surface area contributed by atoms with Gasteiger partial charge in [-0.25, -0.2) is 0 Å². The van der Waals surface area contributed by atoms with Gasteiger partial charge in [-0.1, -0.05) is 6.08 Å². The minimum atomic E-state index is -0.223. The van der Waals surface area contributed by atoms with Crippen molar-refractivity contribution in [3.05, 3.63) is 53.8 Å². The van der Waals surface area contributed by atoms with Crippen molar-refractivity contribution < 1.29 is 14.3 Å². The van der Waals surface area contributed by atoms with Crippen LogP contribution in [-0.4, -0.2) is 18.8 Å². The number of carbonyl (C=O) groups is 2. The SMILES string of the molecule is O=Cc1ccc(NC(=O)COC2=CCCC=C2)cc1. The third-order valence-corrected chi connectivity index (χ3v) is 2.66. The lowest BCUT2D eigenvalue weighted by molar-refractivity contribution is -0.119. The fourth-order valence-corrected chi connectivity index (χ4v) is 1.69. The van der Waals surface area contributed by atoms with Crippen molar-refractivity contribution in [2.45, 2.75) is 12.8 Å². The first-order chi connectivity index (χ1) is 9.28. The van der Waals surface area contributed by atoms with Crippen LogP contribution < -0.4 is 5.32 Å². The highest BCUT2D eigenvalue weighted by molar-refractivity contribution is 5.92. The molecule has 4 heteroatoms. The van der Waals surface area contributed by atoms with E-state index in [1.54, 1.807) is 24.3 Å². The molecule has 0 radical (unpaired) electrons. The lowest BCUT2D eigenvalue weighted by atomic mass is 10.2. The Bertz CT molecular complexity index is 515. The molecule has 0 aromatic heterocycles. The summed E-state index contributed by atoms with van der Waals surface area (Å²) in [6.07, 6.45) is 8.58. The zero-order valence-corrected chi connectivity index (χ0v) is 10.5. The highest BCUT2D eigenvalue weighted by atomic mass is 16.5. The molecule has 1 aromatic rings. The Kier molecular flexibility index (Phi) is 4.50. The molecule has 1 N–H and O–H groups in total. The Morgan fingerprint density at radius 3 is 2.68 bits per heavy atom. The van der Waals surface area contributed by atoms with E-state index >= 15 is 0 Å². The molecule has 0 unspecified atom stereocenters. The zero-order valence-electron chi connectivity index (χ0n) is 10.5. The summed E-state index contributed by atoms with van der Waals surface area (Å²) >= 11 is 0. The minimum absolute atomic E-state index is 0.0222. The van der Waals surface area contributed by atoms with E-state index in [4.69, 9.17) is 4.74 Å². The molecule has 1 amide bonds. The summed E-state index contributed by atoms with van der Waals surface area (Å²) < 4.78 is 5.37. The first kappa shape index (κ1) is 13.1. The molecule has 4 nitrogen and oxygen atoms in total. The molecule has 0 saturated carbocycles. The van der Waals surface area contributed by atoms with Crippen molar-refractivity contribution in [2.24, 2.45) is 0 Å². The Labute approximate surface area is 111 Å². The van der Waals surface area contributed by atoms with Gasteiger partial charge in [-0.05, 0) is 49.3 Å². The molecule has 98 valence electrons. The van der Waals surface area contributed by atoms with Crippen molar-refractivity contribution in [3.8, 4) is 0 Å². The highest BCUT2D eigenvalue weighted by Crippen LogP contribution is 2.11. The van der Waals surface area contributed by atoms with Crippen molar-refractivity contribution in [1.29, 1.82) is 0 Å². The molecular weight excluding hydrogens is 242 g/mol. The Hall–Kier alpha value is -2.36. The summed E-state index contributed by atoms with van der Waals surface area (Å²) in [5.74, 6) is 0.511. The van der Waals surface area contributed by atoms with Gasteiger partial charge in [0.25, 0.3) is 5.91 Å². The topological polar surface area (TPSA) is 55.4 Å². The van der Waals surface area contributed by atoms with Crippen LogP contribution in [0.4, 0.5) is 5.69 Å². The second kappa shape index (κ2) is 6.54. The van der Waals surface area contributed by atoms with Crippen LogP contribution in [0.3, 0.4) is 0 Å². The van der Waals surface area contributed by atoms with E-state index in [1.165, 1.54) is 0 Å². The van der Waals surface area contributed by atoms with Crippen LogP contribution in [0.5, 0.6) is 0 Å². The zero-order chi connectivity index (χ0) is 13.5. The number of carbonyl (C=O) groups excluding carboxylic acids is 2. The third-order valence-electron chi connectivity index (χ3n) is 2.66. The fraction of sp³-hybridized carbons (Fsp3) is 0.200. The number of ether oxygens (including phenoxy) is 1. The van der Waals surface area contributed by atoms with Gasteiger partial charge in [0, 0.05) is 11.3 Å². The van der Waals surface area contributed by atoms with Gasteiger partial charge in [0.2, 0.25) is 0 Å². The molecule has 1 aliphatic carbocycles. The number of hydrogen-bond donors (Lipinski definition) is 1. The van der Waals surface area contributed by atoms with Crippen LogP contribution >= 0.6 is 0 Å². The molecule has 19 heavy (non-hydrogen) atoms. The predicted octanol–water partition coefficient (Wildman–Crippen LogP) is 2.69. The van der Waals surface area contributed by atoms with Gasteiger partial charge in [0.1, 0.15) is 12.0 Å². The fourth-order valence-electron chi connectivity index (χ4n) is 1.69. The summed E-state index contributed by atoms with van der Waals surface area (Å²) in [6.45, 7) is -0.0222. The van der Waals surface area contributed by atoms with Gasteiger partial charge in [-0.2, -0.15) is 0 Å². The number of anilines is 1. The van der Waals surface area contributed by atoms with Crippen LogP contribution in [0.25, 0.3) is 0 Å². The Morgan fingerprint density at radius 1 is 1.26 bits per heavy atom. The maximum absolute atomic E-state index is 11.7. The monoisotopic (exact) mass is 257 g/mol. The third kappa shape index (κ3) is 4.10. The predicted molar refractivity (Wildman–Crippen MR) is 72.9 cm³/mol. The number of amides is 1. The van der Waals surface area contributed by atoms with E-state index in [-0.39, 0.29) is 12.5 Å². The molecule has 0 saturated heterocycles. The van der Waals surface area contributed by atoms with Crippen molar-refractivity contribution in [3.63, 3.8) is 0 Å². The van der Waals surface area contributed by atoms with E-state index in [9.17, 15) is 9.59 Å². The summed E-state index contributed by atoms with van der Waals surface area (Å²) in [5, 5.41) is 2.70. The molecule has 1 aromatic carbocycles. The van der Waals surface area contributed by atoms with E-state index in [2.05, 4.69) is 5.32 Å². The quantitative estimate of drug-likeness (QED) is 0.825. The molecule has 0 heterocycles. The maximum atomic E-state index is 11.7. The van der Waals surface area contributed by atoms with Gasteiger partial charge in [0.15, 0.2) is 6.61 Å². The smallest absolute Gasteiger partial charge is 0.262 e. The Balaban J connectivity index is 1.81. The van der Waals surface area contributed by atoms with Crippen molar-refractivity contribution in [2.75, 3.05) is 11.9 Å². The van der Waals surface area contributed by atoms with Crippen molar-refractivity contribution in [1.82, 2.24) is 0 Å². The van der Waals surface area contributed by atoms with Gasteiger partial charge >= 0.3 is 0 Å². The maximum Gasteiger partial charge on any atom is 0.262 e. The van der Waals surface area contributed by atoms with E-state index < -0.39 is 0 Å². The Morgan fingerprint density at radius 2 is 2.05 bits per heavy atom. The second-order valence-corrected chi connectivity index (χ2v) is 4.16. The number of hydrogen-bond acceptors (Lipinski definition) is 3. The van der Waals surface area contributed by atoms with Crippen molar-refractivity contribution >= 4 is 17.9 Å². The lowest BCUT2D eigenvalue weighted by Crippen LogP contribution is -2.18. The van der Waals surface area contributed by atoms with Gasteiger partial charge < -0.3 is 10.1 Å². The van der Waals surface area contributed by atoms with Crippen LogP contribution in [0.15, 0.2) is 48.3 Å². The first-order valence-corrected chi connectivity index (χ1v) is 6.12. The summed E-state index contributed by atoms with van der Waals surface area (Å²) in [7, 11) is 0.